The van der Waals surface area contributed by atoms with Crippen molar-refractivity contribution >= 4 is 39.2 Å². The number of carbonyl (C=O) groups excluding carboxylic acids is 2. The zero-order valence-corrected chi connectivity index (χ0v) is 23.4. The summed E-state index contributed by atoms with van der Waals surface area (Å²) in [5.41, 5.74) is 1.26. The van der Waals surface area contributed by atoms with E-state index in [2.05, 4.69) is 20.3 Å². The van der Waals surface area contributed by atoms with E-state index in [0.29, 0.717) is 36.8 Å². The van der Waals surface area contributed by atoms with Crippen LogP contribution in [0.5, 0.6) is 5.75 Å². The lowest BCUT2D eigenvalue weighted by Crippen LogP contribution is -2.44. The van der Waals surface area contributed by atoms with Crippen molar-refractivity contribution in [3.8, 4) is 5.75 Å². The number of amides is 2. The zero-order chi connectivity index (χ0) is 30.8. The summed E-state index contributed by atoms with van der Waals surface area (Å²) < 4.78 is 66.1. The van der Waals surface area contributed by atoms with Crippen molar-refractivity contribution in [3.05, 3.63) is 48.0 Å². The number of likely N-dealkylation sites (N-methyl/N-ethyl adjacent to an activating group) is 2. The molecule has 0 atom stereocenters. The number of carbonyl (C=O) groups is 3. The lowest BCUT2D eigenvalue weighted by molar-refractivity contribution is -0.192. The second-order valence-corrected chi connectivity index (χ2v) is 10.3. The van der Waals surface area contributed by atoms with Gasteiger partial charge in [-0.3, -0.25) is 14.3 Å². The van der Waals surface area contributed by atoms with Crippen LogP contribution in [0.3, 0.4) is 0 Å². The molecule has 2 aromatic rings. The number of sulfonamides is 1. The Kier molecular flexibility index (Phi) is 11.8. The van der Waals surface area contributed by atoms with Crippen LogP contribution >= 0.6 is 0 Å². The molecule has 226 valence electrons. The highest BCUT2D eigenvalue weighted by atomic mass is 32.2. The summed E-state index contributed by atoms with van der Waals surface area (Å²) in [6.45, 7) is 5.14. The van der Waals surface area contributed by atoms with Gasteiger partial charge in [0.2, 0.25) is 5.91 Å². The van der Waals surface area contributed by atoms with Gasteiger partial charge in [-0.2, -0.15) is 13.2 Å². The lowest BCUT2D eigenvalue weighted by Gasteiger charge is -2.31. The molecule has 1 fully saturated rings. The van der Waals surface area contributed by atoms with Crippen molar-refractivity contribution in [1.29, 1.82) is 0 Å². The number of aliphatic carboxylic acids is 1. The van der Waals surface area contributed by atoms with E-state index >= 15 is 0 Å². The summed E-state index contributed by atoms with van der Waals surface area (Å²) in [4.78, 5) is 36.9. The molecule has 0 saturated carbocycles. The molecule has 1 aliphatic heterocycles. The quantitative estimate of drug-likeness (QED) is 0.335. The summed E-state index contributed by atoms with van der Waals surface area (Å²) in [5, 5.41) is 12.9. The van der Waals surface area contributed by atoms with E-state index in [0.717, 1.165) is 13.1 Å². The molecule has 0 unspecified atom stereocenters. The highest BCUT2D eigenvalue weighted by Crippen LogP contribution is 2.31. The monoisotopic (exact) mass is 603 g/mol. The van der Waals surface area contributed by atoms with E-state index in [1.807, 2.05) is 6.92 Å². The lowest BCUT2D eigenvalue weighted by atomic mass is 10.1. The number of hydrogen-bond acceptors (Lipinski definition) is 8. The molecule has 0 spiro atoms. The molecule has 4 N–H and O–H groups in total. The Morgan fingerprint density at radius 2 is 1.68 bits per heavy atom. The van der Waals surface area contributed by atoms with Crippen molar-refractivity contribution in [3.63, 3.8) is 0 Å². The maximum atomic E-state index is 13.2. The average Bonchev–Trinajstić information content (AvgIpc) is 2.93. The smallest absolute Gasteiger partial charge is 0.490 e. The molecular formula is C25H32F3N5O7S. The van der Waals surface area contributed by atoms with Crippen molar-refractivity contribution in [2.75, 3.05) is 63.0 Å². The average molecular weight is 604 g/mol. The molecule has 1 saturated heterocycles. The van der Waals surface area contributed by atoms with Gasteiger partial charge in [-0.05, 0) is 49.4 Å². The number of anilines is 2. The van der Waals surface area contributed by atoms with Crippen LogP contribution in [-0.2, 0) is 19.6 Å². The highest BCUT2D eigenvalue weighted by Gasteiger charge is 2.38. The largest absolute Gasteiger partial charge is 0.494 e. The normalized spacial score (nSPS) is 13.4. The second-order valence-electron chi connectivity index (χ2n) is 8.62. The minimum absolute atomic E-state index is 0.0793. The number of benzene rings is 2. The summed E-state index contributed by atoms with van der Waals surface area (Å²) in [6.07, 6.45) is -5.08. The van der Waals surface area contributed by atoms with Crippen LogP contribution in [0.1, 0.15) is 17.3 Å². The van der Waals surface area contributed by atoms with Gasteiger partial charge in [-0.1, -0.05) is 0 Å². The standard InChI is InChI=1S/C23H31N5O5S.C2HF3O2/c1-4-33-18-6-8-19(9-7-18)34(31,32)26-20-15-17(23(30)27(3)16-22(29)24-2)5-10-21(20)28-13-11-25-12-14-28;3-2(4,5)1(6)7/h5-10,15,25-26H,4,11-14,16H2,1-3H3,(H,24,29);(H,6,7). The third kappa shape index (κ3) is 9.82. The summed E-state index contributed by atoms with van der Waals surface area (Å²) in [7, 11) is -0.913. The van der Waals surface area contributed by atoms with Crippen LogP contribution in [0, 0.1) is 0 Å². The number of ether oxygens (including phenoxy) is 1. The first-order chi connectivity index (χ1) is 19.2. The van der Waals surface area contributed by atoms with Crippen molar-refractivity contribution < 1.29 is 45.8 Å². The first-order valence-corrected chi connectivity index (χ1v) is 13.8. The number of carboxylic acids is 1. The summed E-state index contributed by atoms with van der Waals surface area (Å²) in [6, 6.07) is 11.1. The zero-order valence-electron chi connectivity index (χ0n) is 22.6. The number of hydrogen-bond donors (Lipinski definition) is 4. The molecular weight excluding hydrogens is 571 g/mol. The number of nitrogens with one attached hydrogen (secondary N) is 3. The number of halogens is 3. The number of nitrogens with zero attached hydrogens (tertiary/aromatic N) is 2. The number of rotatable bonds is 9. The summed E-state index contributed by atoms with van der Waals surface area (Å²) >= 11 is 0. The molecule has 0 radical (unpaired) electrons. The van der Waals surface area contributed by atoms with Gasteiger partial charge in [-0.25, -0.2) is 13.2 Å². The number of piperazine rings is 1. The molecule has 0 aliphatic carbocycles. The first-order valence-electron chi connectivity index (χ1n) is 12.3. The highest BCUT2D eigenvalue weighted by molar-refractivity contribution is 7.92. The van der Waals surface area contributed by atoms with Gasteiger partial charge in [0.15, 0.2) is 0 Å². The molecule has 1 heterocycles. The molecule has 0 bridgehead atoms. The maximum absolute atomic E-state index is 13.2. The molecule has 12 nitrogen and oxygen atoms in total. The Bertz CT molecular complexity index is 1320. The fourth-order valence-corrected chi connectivity index (χ4v) is 4.67. The fourth-order valence-electron chi connectivity index (χ4n) is 3.60. The van der Waals surface area contributed by atoms with E-state index in [1.165, 1.54) is 37.2 Å². The topological polar surface area (TPSA) is 157 Å². The van der Waals surface area contributed by atoms with Crippen molar-refractivity contribution in [2.45, 2.75) is 18.0 Å². The number of alkyl halides is 3. The van der Waals surface area contributed by atoms with E-state index in [9.17, 15) is 31.2 Å². The fraction of sp³-hybridized carbons (Fsp3) is 0.400. The van der Waals surface area contributed by atoms with Gasteiger partial charge in [0.1, 0.15) is 5.75 Å². The minimum Gasteiger partial charge on any atom is -0.494 e. The third-order valence-corrected chi connectivity index (χ3v) is 7.02. The van der Waals surface area contributed by atoms with Gasteiger partial charge in [0.05, 0.1) is 29.4 Å². The Labute approximate surface area is 235 Å². The molecule has 0 aromatic heterocycles. The molecule has 41 heavy (non-hydrogen) atoms. The van der Waals surface area contributed by atoms with Crippen LogP contribution in [0.25, 0.3) is 0 Å². The van der Waals surface area contributed by atoms with Crippen LogP contribution in [0.15, 0.2) is 47.4 Å². The van der Waals surface area contributed by atoms with Crippen molar-refractivity contribution in [1.82, 2.24) is 15.5 Å². The Hall–Kier alpha value is -4.05. The predicted molar refractivity (Wildman–Crippen MR) is 145 cm³/mol. The van der Waals surface area contributed by atoms with Gasteiger partial charge < -0.3 is 30.3 Å². The Morgan fingerprint density at radius 3 is 2.20 bits per heavy atom. The van der Waals surface area contributed by atoms with Gasteiger partial charge in [-0.15, -0.1) is 0 Å². The third-order valence-electron chi connectivity index (χ3n) is 5.64. The van der Waals surface area contributed by atoms with Gasteiger partial charge in [0.25, 0.3) is 15.9 Å². The molecule has 1 aliphatic rings. The van der Waals surface area contributed by atoms with E-state index < -0.39 is 28.1 Å². The van der Waals surface area contributed by atoms with E-state index in [-0.39, 0.29) is 22.9 Å². The number of carboxylic acid groups (broad SMARTS) is 1. The van der Waals surface area contributed by atoms with E-state index in [1.54, 1.807) is 24.3 Å². The molecule has 2 aromatic carbocycles. The van der Waals surface area contributed by atoms with Crippen molar-refractivity contribution in [2.24, 2.45) is 0 Å². The molecule has 2 amide bonds. The van der Waals surface area contributed by atoms with E-state index in [4.69, 9.17) is 14.6 Å². The Morgan fingerprint density at radius 1 is 1.10 bits per heavy atom. The molecule has 3 rings (SSSR count). The van der Waals surface area contributed by atoms with Gasteiger partial charge in [0, 0.05) is 45.8 Å². The first kappa shape index (κ1) is 33.2. The maximum Gasteiger partial charge on any atom is 0.490 e. The van der Waals surface area contributed by atoms with Crippen LogP contribution < -0.4 is 25.0 Å². The Balaban J connectivity index is 0.000000745. The van der Waals surface area contributed by atoms with Gasteiger partial charge >= 0.3 is 12.1 Å². The van der Waals surface area contributed by atoms with Crippen LogP contribution in [0.4, 0.5) is 24.5 Å². The van der Waals surface area contributed by atoms with Crippen LogP contribution in [-0.4, -0.2) is 95.8 Å². The molecule has 16 heteroatoms. The second kappa shape index (κ2) is 14.5. The van der Waals surface area contributed by atoms with Crippen LogP contribution in [0.2, 0.25) is 0 Å². The predicted octanol–water partition coefficient (Wildman–Crippen LogP) is 1.75. The minimum atomic E-state index is -5.08. The SMILES string of the molecule is CCOc1ccc(S(=O)(=O)Nc2cc(C(=O)N(C)CC(=O)NC)ccc2N2CCNCC2)cc1.O=C(O)C(F)(F)F. The summed E-state index contributed by atoms with van der Waals surface area (Å²) in [5.74, 6) is -2.87.